The largest absolute Gasteiger partial charge is 0.387 e. The molecule has 1 aromatic rings. The molecular formula is C11H18N2OS. The molecule has 0 saturated carbocycles. The van der Waals surface area contributed by atoms with Crippen LogP contribution in [0.4, 0.5) is 5.82 Å². The van der Waals surface area contributed by atoms with Crippen molar-refractivity contribution in [1.29, 1.82) is 0 Å². The van der Waals surface area contributed by atoms with Gasteiger partial charge < -0.3 is 10.8 Å². The number of nitrogen functional groups attached to an aromatic ring is 1. The third-order valence-electron chi connectivity index (χ3n) is 1.90. The van der Waals surface area contributed by atoms with Gasteiger partial charge in [0, 0.05) is 22.3 Å². The van der Waals surface area contributed by atoms with Crippen LogP contribution in [0.2, 0.25) is 0 Å². The summed E-state index contributed by atoms with van der Waals surface area (Å²) in [5, 5.41) is 9.92. The Balaban J connectivity index is 2.62. The Hall–Kier alpha value is -0.740. The number of nitrogens with zero attached hydrogens (tertiary/aromatic N) is 1. The summed E-state index contributed by atoms with van der Waals surface area (Å²) in [4.78, 5) is 3.95. The Morgan fingerprint density at radius 2 is 2.20 bits per heavy atom. The lowest BCUT2D eigenvalue weighted by molar-refractivity contribution is 0.204. The van der Waals surface area contributed by atoms with Crippen LogP contribution >= 0.6 is 11.8 Å². The number of pyridine rings is 1. The maximum Gasteiger partial charge on any atom is 0.129 e. The van der Waals surface area contributed by atoms with Crippen LogP contribution < -0.4 is 5.73 Å². The van der Waals surface area contributed by atoms with Crippen molar-refractivity contribution in [2.24, 2.45) is 0 Å². The van der Waals surface area contributed by atoms with E-state index >= 15 is 0 Å². The van der Waals surface area contributed by atoms with Crippen molar-refractivity contribution in [3.8, 4) is 0 Å². The van der Waals surface area contributed by atoms with Crippen molar-refractivity contribution >= 4 is 17.6 Å². The zero-order chi connectivity index (χ0) is 11.5. The summed E-state index contributed by atoms with van der Waals surface area (Å²) < 4.78 is 0.151. The molecule has 0 aliphatic heterocycles. The summed E-state index contributed by atoms with van der Waals surface area (Å²) in [6.45, 7) is 6.37. The zero-order valence-corrected chi connectivity index (χ0v) is 10.2. The smallest absolute Gasteiger partial charge is 0.129 e. The maximum absolute atomic E-state index is 9.92. The molecule has 0 aromatic carbocycles. The summed E-state index contributed by atoms with van der Waals surface area (Å²) in [6, 6.07) is 3.60. The minimum atomic E-state index is -0.539. The first kappa shape index (κ1) is 12.3. The Bertz CT molecular complexity index is 323. The minimum Gasteiger partial charge on any atom is -0.387 e. The molecule has 0 saturated heterocycles. The average Bonchev–Trinajstić information content (AvgIpc) is 2.14. The first-order chi connectivity index (χ1) is 6.90. The molecule has 0 bridgehead atoms. The van der Waals surface area contributed by atoms with Crippen LogP contribution in [0.25, 0.3) is 0 Å². The lowest BCUT2D eigenvalue weighted by Crippen LogP contribution is -2.13. The van der Waals surface area contributed by atoms with Gasteiger partial charge in [-0.3, -0.25) is 0 Å². The van der Waals surface area contributed by atoms with Crippen LogP contribution in [0.3, 0.4) is 0 Å². The Labute approximate surface area is 95.1 Å². The van der Waals surface area contributed by atoms with Gasteiger partial charge in [-0.2, -0.15) is 11.8 Å². The predicted octanol–water partition coefficient (Wildman–Crippen LogP) is 2.23. The number of hydrogen-bond acceptors (Lipinski definition) is 4. The van der Waals surface area contributed by atoms with Crippen molar-refractivity contribution in [1.82, 2.24) is 4.98 Å². The minimum absolute atomic E-state index is 0.151. The summed E-state index contributed by atoms with van der Waals surface area (Å²) in [5.74, 6) is 1.05. The first-order valence-corrected chi connectivity index (χ1v) is 5.91. The molecular weight excluding hydrogens is 208 g/mol. The van der Waals surface area contributed by atoms with Crippen LogP contribution in [-0.2, 0) is 0 Å². The highest BCUT2D eigenvalue weighted by Gasteiger charge is 2.16. The molecule has 3 nitrogen and oxygen atoms in total. The van der Waals surface area contributed by atoms with E-state index in [9.17, 15) is 5.11 Å². The van der Waals surface area contributed by atoms with E-state index in [0.29, 0.717) is 17.1 Å². The van der Waals surface area contributed by atoms with Gasteiger partial charge in [0.2, 0.25) is 0 Å². The second-order valence-corrected chi connectivity index (χ2v) is 6.26. The quantitative estimate of drug-likeness (QED) is 0.829. The fraction of sp³-hybridized carbons (Fsp3) is 0.545. The van der Waals surface area contributed by atoms with E-state index in [1.807, 2.05) is 6.07 Å². The third-order valence-corrected chi connectivity index (χ3v) is 3.25. The monoisotopic (exact) mass is 226 g/mol. The number of rotatable bonds is 3. The second-order valence-electron chi connectivity index (χ2n) is 4.42. The van der Waals surface area contributed by atoms with Gasteiger partial charge in [-0.15, -0.1) is 0 Å². The highest BCUT2D eigenvalue weighted by atomic mass is 32.2. The molecule has 0 spiro atoms. The molecule has 1 rings (SSSR count). The van der Waals surface area contributed by atoms with E-state index < -0.39 is 6.10 Å². The molecule has 3 N–H and O–H groups in total. The van der Waals surface area contributed by atoms with E-state index in [1.165, 1.54) is 0 Å². The van der Waals surface area contributed by atoms with Gasteiger partial charge in [-0.25, -0.2) is 4.98 Å². The molecule has 1 unspecified atom stereocenters. The van der Waals surface area contributed by atoms with Gasteiger partial charge in [0.1, 0.15) is 5.82 Å². The SMILES string of the molecule is CC(C)(C)SCC(O)c1cccnc1N. The van der Waals surface area contributed by atoms with Gasteiger partial charge in [-0.1, -0.05) is 26.8 Å². The standard InChI is InChI=1S/C11H18N2OS/c1-11(2,3)15-7-9(14)8-5-4-6-13-10(8)12/h4-6,9,14H,7H2,1-3H3,(H2,12,13). The summed E-state index contributed by atoms with van der Waals surface area (Å²) in [7, 11) is 0. The van der Waals surface area contributed by atoms with Gasteiger partial charge in [0.05, 0.1) is 6.10 Å². The van der Waals surface area contributed by atoms with Gasteiger partial charge in [0.15, 0.2) is 0 Å². The van der Waals surface area contributed by atoms with Crippen molar-refractivity contribution < 1.29 is 5.11 Å². The van der Waals surface area contributed by atoms with Crippen LogP contribution in [0.15, 0.2) is 18.3 Å². The number of anilines is 1. The average molecular weight is 226 g/mol. The van der Waals surface area contributed by atoms with Gasteiger partial charge in [0.25, 0.3) is 0 Å². The number of thioether (sulfide) groups is 1. The Kier molecular flexibility index (Phi) is 3.99. The lowest BCUT2D eigenvalue weighted by atomic mass is 10.2. The first-order valence-electron chi connectivity index (χ1n) is 4.92. The van der Waals surface area contributed by atoms with Crippen LogP contribution in [0.1, 0.15) is 32.4 Å². The molecule has 15 heavy (non-hydrogen) atoms. The van der Waals surface area contributed by atoms with Crippen molar-refractivity contribution in [2.75, 3.05) is 11.5 Å². The van der Waals surface area contributed by atoms with E-state index in [4.69, 9.17) is 5.73 Å². The summed E-state index contributed by atoms with van der Waals surface area (Å²) in [6.07, 6.45) is 1.09. The zero-order valence-electron chi connectivity index (χ0n) is 9.40. The fourth-order valence-electron chi connectivity index (χ4n) is 1.13. The Morgan fingerprint density at radius 1 is 1.53 bits per heavy atom. The predicted molar refractivity (Wildman–Crippen MR) is 65.8 cm³/mol. The molecule has 84 valence electrons. The molecule has 1 atom stereocenters. The van der Waals surface area contributed by atoms with Gasteiger partial charge in [-0.05, 0) is 6.07 Å². The van der Waals surface area contributed by atoms with Crippen LogP contribution in [0, 0.1) is 0 Å². The van der Waals surface area contributed by atoms with E-state index in [-0.39, 0.29) is 4.75 Å². The molecule has 1 heterocycles. The molecule has 4 heteroatoms. The number of aliphatic hydroxyl groups is 1. The molecule has 0 fully saturated rings. The number of nitrogens with two attached hydrogens (primary N) is 1. The normalized spacial score (nSPS) is 13.9. The van der Waals surface area contributed by atoms with Crippen LogP contribution in [-0.4, -0.2) is 20.6 Å². The highest BCUT2D eigenvalue weighted by molar-refractivity contribution is 8.00. The molecule has 1 aromatic heterocycles. The lowest BCUT2D eigenvalue weighted by Gasteiger charge is -2.20. The van der Waals surface area contributed by atoms with E-state index in [1.54, 1.807) is 24.0 Å². The van der Waals surface area contributed by atoms with Crippen molar-refractivity contribution in [3.63, 3.8) is 0 Å². The molecule has 0 aliphatic rings. The van der Waals surface area contributed by atoms with Gasteiger partial charge >= 0.3 is 0 Å². The molecule has 0 radical (unpaired) electrons. The highest BCUT2D eigenvalue weighted by Crippen LogP contribution is 2.29. The van der Waals surface area contributed by atoms with E-state index in [2.05, 4.69) is 25.8 Å². The van der Waals surface area contributed by atoms with Crippen molar-refractivity contribution in [3.05, 3.63) is 23.9 Å². The third kappa shape index (κ3) is 4.10. The van der Waals surface area contributed by atoms with E-state index in [0.717, 1.165) is 0 Å². The fourth-order valence-corrected chi connectivity index (χ4v) is 1.97. The summed E-state index contributed by atoms with van der Waals surface area (Å²) >= 11 is 1.71. The molecule has 0 amide bonds. The Morgan fingerprint density at radius 3 is 2.73 bits per heavy atom. The number of aliphatic hydroxyl groups excluding tert-OH is 1. The topological polar surface area (TPSA) is 59.1 Å². The van der Waals surface area contributed by atoms with Crippen molar-refractivity contribution in [2.45, 2.75) is 31.6 Å². The maximum atomic E-state index is 9.92. The summed E-state index contributed by atoms with van der Waals surface area (Å²) in [5.41, 5.74) is 6.40. The second kappa shape index (κ2) is 4.86. The number of aromatic nitrogens is 1. The molecule has 0 aliphatic carbocycles. The number of hydrogen-bond donors (Lipinski definition) is 2. The van der Waals surface area contributed by atoms with Crippen LogP contribution in [0.5, 0.6) is 0 Å².